The summed E-state index contributed by atoms with van der Waals surface area (Å²) in [6.07, 6.45) is -10.2. The van der Waals surface area contributed by atoms with Crippen LogP contribution in [0.5, 0.6) is 0 Å². The lowest BCUT2D eigenvalue weighted by Crippen LogP contribution is -2.41. The summed E-state index contributed by atoms with van der Waals surface area (Å²) in [5.41, 5.74) is -3.44. The zero-order chi connectivity index (χ0) is 26.5. The van der Waals surface area contributed by atoms with Crippen LogP contribution >= 0.6 is 0 Å². The van der Waals surface area contributed by atoms with E-state index in [-0.39, 0.29) is 24.8 Å². The Morgan fingerprint density at radius 1 is 0.778 bits per heavy atom. The molecule has 3 aromatic rings. The Morgan fingerprint density at radius 2 is 1.33 bits per heavy atom. The van der Waals surface area contributed by atoms with E-state index in [0.717, 1.165) is 17.0 Å². The molecule has 36 heavy (non-hydrogen) atoms. The van der Waals surface area contributed by atoms with Crippen LogP contribution in [0.4, 0.5) is 46.9 Å². The second-order valence-corrected chi connectivity index (χ2v) is 7.47. The number of hydrogen-bond donors (Lipinski definition) is 2. The van der Waals surface area contributed by atoms with Gasteiger partial charge in [-0.1, -0.05) is 18.2 Å². The molecule has 0 aliphatic rings. The minimum atomic E-state index is -5.11. The van der Waals surface area contributed by atoms with E-state index in [2.05, 4.69) is 10.6 Å². The van der Waals surface area contributed by atoms with Crippen LogP contribution in [0.25, 0.3) is 0 Å². The summed E-state index contributed by atoms with van der Waals surface area (Å²) >= 11 is 0. The lowest BCUT2D eigenvalue weighted by Gasteiger charge is -2.23. The summed E-state index contributed by atoms with van der Waals surface area (Å²) in [6, 6.07) is 12.9. The van der Waals surface area contributed by atoms with Gasteiger partial charge < -0.3 is 10.6 Å². The Hall–Kier alpha value is -4.09. The fourth-order valence-electron chi connectivity index (χ4n) is 3.15. The Morgan fingerprint density at radius 3 is 1.86 bits per heavy atom. The second-order valence-electron chi connectivity index (χ2n) is 7.47. The van der Waals surface area contributed by atoms with Gasteiger partial charge in [-0.05, 0) is 54.6 Å². The summed E-state index contributed by atoms with van der Waals surface area (Å²) in [4.78, 5) is 26.3. The van der Waals surface area contributed by atoms with Crippen molar-refractivity contribution in [2.75, 3.05) is 23.3 Å². The SMILES string of the molecule is O=C(NCCN(C(=O)Nc1ccccc1)c1ccc(F)cc1)c1cc(C(F)(F)F)cc(C(F)(F)F)c1. The first kappa shape index (κ1) is 26.5. The van der Waals surface area contributed by atoms with Gasteiger partial charge in [-0.15, -0.1) is 0 Å². The molecule has 0 bridgehead atoms. The van der Waals surface area contributed by atoms with Crippen molar-refractivity contribution >= 4 is 23.3 Å². The molecule has 0 radical (unpaired) electrons. The van der Waals surface area contributed by atoms with Crippen molar-refractivity contribution in [3.05, 3.63) is 95.3 Å². The highest BCUT2D eigenvalue weighted by Crippen LogP contribution is 2.36. The molecule has 12 heteroatoms. The number of alkyl halides is 6. The molecule has 2 N–H and O–H groups in total. The van der Waals surface area contributed by atoms with E-state index in [1.54, 1.807) is 30.3 Å². The zero-order valence-electron chi connectivity index (χ0n) is 18.3. The van der Waals surface area contributed by atoms with E-state index in [4.69, 9.17) is 0 Å². The van der Waals surface area contributed by atoms with Crippen molar-refractivity contribution in [2.24, 2.45) is 0 Å². The average molecular weight is 513 g/mol. The lowest BCUT2D eigenvalue weighted by atomic mass is 10.0. The highest BCUT2D eigenvalue weighted by molar-refractivity contribution is 6.02. The molecule has 0 aliphatic heterocycles. The normalized spacial score (nSPS) is 11.6. The third kappa shape index (κ3) is 6.96. The molecule has 0 heterocycles. The molecule has 0 saturated heterocycles. The Labute approximate surface area is 200 Å². The van der Waals surface area contributed by atoms with Crippen molar-refractivity contribution in [1.29, 1.82) is 0 Å². The van der Waals surface area contributed by atoms with Gasteiger partial charge in [-0.3, -0.25) is 9.69 Å². The third-order valence-corrected chi connectivity index (χ3v) is 4.88. The number of halogens is 7. The van der Waals surface area contributed by atoms with E-state index in [0.29, 0.717) is 17.8 Å². The minimum absolute atomic E-state index is 0.0824. The predicted molar refractivity (Wildman–Crippen MR) is 118 cm³/mol. The third-order valence-electron chi connectivity index (χ3n) is 4.88. The fraction of sp³-hybridized carbons (Fsp3) is 0.167. The Bertz CT molecular complexity index is 1180. The smallest absolute Gasteiger partial charge is 0.350 e. The molecular weight excluding hydrogens is 495 g/mol. The van der Waals surface area contributed by atoms with Crippen LogP contribution < -0.4 is 15.5 Å². The van der Waals surface area contributed by atoms with Crippen molar-refractivity contribution in [3.63, 3.8) is 0 Å². The van der Waals surface area contributed by atoms with E-state index >= 15 is 0 Å². The molecular formula is C24H18F7N3O2. The van der Waals surface area contributed by atoms with E-state index in [1.807, 2.05) is 0 Å². The van der Waals surface area contributed by atoms with Crippen LogP contribution in [0, 0.1) is 5.82 Å². The maximum Gasteiger partial charge on any atom is 0.416 e. The standard InChI is InChI=1S/C24H18F7N3O2/c25-18-6-8-20(9-7-18)34(22(36)33-19-4-2-1-3-5-19)11-10-32-21(35)15-12-16(23(26,27)28)14-17(13-15)24(29,30)31/h1-9,12-14H,10-11H2,(H,32,35)(H,33,36). The quantitative estimate of drug-likeness (QED) is 0.379. The predicted octanol–water partition coefficient (Wildman–Crippen LogP) is 6.33. The molecule has 5 nitrogen and oxygen atoms in total. The van der Waals surface area contributed by atoms with Crippen LogP contribution in [0.1, 0.15) is 21.5 Å². The first-order valence-corrected chi connectivity index (χ1v) is 10.3. The number of benzene rings is 3. The van der Waals surface area contributed by atoms with Gasteiger partial charge in [0.15, 0.2) is 0 Å². The van der Waals surface area contributed by atoms with E-state index in [1.165, 1.54) is 12.1 Å². The number of anilines is 2. The molecule has 0 fully saturated rings. The largest absolute Gasteiger partial charge is 0.416 e. The molecule has 190 valence electrons. The van der Waals surface area contributed by atoms with Crippen LogP contribution in [0.3, 0.4) is 0 Å². The number of nitrogens with one attached hydrogen (secondary N) is 2. The number of urea groups is 1. The summed E-state index contributed by atoms with van der Waals surface area (Å²) in [5, 5.41) is 4.82. The molecule has 0 saturated carbocycles. The number of carbonyl (C=O) groups excluding carboxylic acids is 2. The number of nitrogens with zero attached hydrogens (tertiary/aromatic N) is 1. The van der Waals surface area contributed by atoms with Crippen molar-refractivity contribution in [2.45, 2.75) is 12.4 Å². The van der Waals surface area contributed by atoms with E-state index < -0.39 is 46.8 Å². The molecule has 3 rings (SSSR count). The first-order chi connectivity index (χ1) is 16.8. The summed E-state index contributed by atoms with van der Waals surface area (Å²) in [5.74, 6) is -1.77. The molecule has 3 aromatic carbocycles. The van der Waals surface area contributed by atoms with E-state index in [9.17, 15) is 40.3 Å². The van der Waals surface area contributed by atoms with Gasteiger partial charge in [-0.2, -0.15) is 26.3 Å². The Kier molecular flexibility index (Phi) is 7.86. The molecule has 0 atom stereocenters. The topological polar surface area (TPSA) is 61.4 Å². The highest BCUT2D eigenvalue weighted by Gasteiger charge is 2.37. The molecule has 0 spiro atoms. The summed E-state index contributed by atoms with van der Waals surface area (Å²) in [6.45, 7) is -0.572. The number of para-hydroxylation sites is 1. The van der Waals surface area contributed by atoms with Gasteiger partial charge in [0.25, 0.3) is 5.91 Å². The van der Waals surface area contributed by atoms with Gasteiger partial charge in [0, 0.05) is 30.0 Å². The van der Waals surface area contributed by atoms with Crippen molar-refractivity contribution in [1.82, 2.24) is 5.32 Å². The molecule has 0 unspecified atom stereocenters. The number of amides is 3. The second kappa shape index (κ2) is 10.7. The zero-order valence-corrected chi connectivity index (χ0v) is 18.3. The number of rotatable bonds is 6. The van der Waals surface area contributed by atoms with Gasteiger partial charge in [0.2, 0.25) is 0 Å². The van der Waals surface area contributed by atoms with Gasteiger partial charge in [0.1, 0.15) is 5.82 Å². The molecule has 0 aliphatic carbocycles. The Balaban J connectivity index is 1.77. The van der Waals surface area contributed by atoms with Gasteiger partial charge in [-0.25, -0.2) is 9.18 Å². The monoisotopic (exact) mass is 513 g/mol. The van der Waals surface area contributed by atoms with Crippen LogP contribution in [0.15, 0.2) is 72.8 Å². The van der Waals surface area contributed by atoms with Crippen LogP contribution in [-0.2, 0) is 12.4 Å². The summed E-state index contributed by atoms with van der Waals surface area (Å²) < 4.78 is 91.7. The van der Waals surface area contributed by atoms with Crippen molar-refractivity contribution in [3.8, 4) is 0 Å². The van der Waals surface area contributed by atoms with Gasteiger partial charge >= 0.3 is 18.4 Å². The average Bonchev–Trinajstić information content (AvgIpc) is 2.81. The summed E-state index contributed by atoms with van der Waals surface area (Å²) in [7, 11) is 0. The fourth-order valence-corrected chi connectivity index (χ4v) is 3.15. The maximum atomic E-state index is 13.3. The minimum Gasteiger partial charge on any atom is -0.350 e. The molecule has 0 aromatic heterocycles. The lowest BCUT2D eigenvalue weighted by molar-refractivity contribution is -0.143. The first-order valence-electron chi connectivity index (χ1n) is 10.3. The van der Waals surface area contributed by atoms with Gasteiger partial charge in [0.05, 0.1) is 11.1 Å². The number of carbonyl (C=O) groups is 2. The maximum absolute atomic E-state index is 13.3. The van der Waals surface area contributed by atoms with Crippen LogP contribution in [0.2, 0.25) is 0 Å². The highest BCUT2D eigenvalue weighted by atomic mass is 19.4. The van der Waals surface area contributed by atoms with Crippen LogP contribution in [-0.4, -0.2) is 25.0 Å². The molecule has 3 amide bonds. The van der Waals surface area contributed by atoms with Crippen molar-refractivity contribution < 1.29 is 40.3 Å². The number of hydrogen-bond acceptors (Lipinski definition) is 2.